The average molecular weight is 304 g/mol. The quantitative estimate of drug-likeness (QED) is 0.854. The van der Waals surface area contributed by atoms with Crippen molar-refractivity contribution < 1.29 is 23.5 Å². The molecule has 1 atom stereocenters. The first-order valence-corrected chi connectivity index (χ1v) is 6.45. The minimum Gasteiger partial charge on any atom is -0.481 e. The Bertz CT molecular complexity index is 565. The second kappa shape index (κ2) is 5.75. The van der Waals surface area contributed by atoms with Crippen LogP contribution >= 0.6 is 11.6 Å². The molecule has 1 heterocycles. The molecule has 0 radical (unpaired) electrons. The summed E-state index contributed by atoms with van der Waals surface area (Å²) in [6.45, 7) is 0.361. The van der Waals surface area contributed by atoms with Gasteiger partial charge in [0.05, 0.1) is 11.5 Å². The minimum atomic E-state index is -1.12. The van der Waals surface area contributed by atoms with Gasteiger partial charge in [0.1, 0.15) is 10.8 Å². The third-order valence-corrected chi connectivity index (χ3v) is 3.67. The SMILES string of the molecule is O=C(O)C1CCCN(C(=O)c2ccc(F)c(Cl)c2F)C1. The van der Waals surface area contributed by atoms with Gasteiger partial charge in [0.25, 0.3) is 5.91 Å². The summed E-state index contributed by atoms with van der Waals surface area (Å²) in [5.41, 5.74) is -0.345. The number of carbonyl (C=O) groups excluding carboxylic acids is 1. The smallest absolute Gasteiger partial charge is 0.308 e. The Kier molecular flexibility index (Phi) is 4.23. The number of carboxylic acids is 1. The number of benzene rings is 1. The standard InChI is InChI=1S/C13H12ClF2NO3/c14-10-9(15)4-3-8(11(10)16)12(18)17-5-1-2-7(6-17)13(19)20/h3-4,7H,1-2,5-6H2,(H,19,20). The lowest BCUT2D eigenvalue weighted by molar-refractivity contribution is -0.143. The molecule has 0 aromatic heterocycles. The molecule has 0 aliphatic carbocycles. The van der Waals surface area contributed by atoms with E-state index < -0.39 is 34.5 Å². The number of carboxylic acid groups (broad SMARTS) is 1. The van der Waals surface area contributed by atoms with Crippen molar-refractivity contribution in [1.29, 1.82) is 0 Å². The van der Waals surface area contributed by atoms with Gasteiger partial charge in [0, 0.05) is 13.1 Å². The van der Waals surface area contributed by atoms with Crippen LogP contribution in [0.15, 0.2) is 12.1 Å². The number of hydrogen-bond donors (Lipinski definition) is 1. The largest absolute Gasteiger partial charge is 0.481 e. The van der Waals surface area contributed by atoms with Crippen LogP contribution in [-0.4, -0.2) is 35.0 Å². The van der Waals surface area contributed by atoms with E-state index in [1.807, 2.05) is 0 Å². The van der Waals surface area contributed by atoms with Crippen molar-refractivity contribution in [3.05, 3.63) is 34.4 Å². The van der Waals surface area contributed by atoms with Gasteiger partial charge in [0.15, 0.2) is 5.82 Å². The van der Waals surface area contributed by atoms with Crippen LogP contribution in [-0.2, 0) is 4.79 Å². The zero-order valence-electron chi connectivity index (χ0n) is 10.4. The third-order valence-electron chi connectivity index (χ3n) is 3.32. The molecular formula is C13H12ClF2NO3. The predicted molar refractivity (Wildman–Crippen MR) is 67.6 cm³/mol. The molecule has 20 heavy (non-hydrogen) atoms. The molecule has 1 fully saturated rings. The van der Waals surface area contributed by atoms with Gasteiger partial charge >= 0.3 is 5.97 Å². The zero-order chi connectivity index (χ0) is 14.9. The van der Waals surface area contributed by atoms with E-state index in [9.17, 15) is 18.4 Å². The van der Waals surface area contributed by atoms with E-state index in [0.717, 1.165) is 12.1 Å². The van der Waals surface area contributed by atoms with E-state index in [-0.39, 0.29) is 12.1 Å². The lowest BCUT2D eigenvalue weighted by Crippen LogP contribution is -2.42. The minimum absolute atomic E-state index is 0.0165. The molecule has 1 aliphatic rings. The summed E-state index contributed by atoms with van der Waals surface area (Å²) in [6.07, 6.45) is 1.00. The summed E-state index contributed by atoms with van der Waals surface area (Å²) in [4.78, 5) is 24.4. The topological polar surface area (TPSA) is 57.6 Å². The van der Waals surface area contributed by atoms with Gasteiger partial charge in [-0.05, 0) is 25.0 Å². The van der Waals surface area contributed by atoms with Gasteiger partial charge in [-0.25, -0.2) is 8.78 Å². The monoisotopic (exact) mass is 303 g/mol. The molecule has 1 saturated heterocycles. The Morgan fingerprint density at radius 3 is 2.70 bits per heavy atom. The second-order valence-corrected chi connectivity index (χ2v) is 5.03. The number of halogens is 3. The Morgan fingerprint density at radius 1 is 1.35 bits per heavy atom. The van der Waals surface area contributed by atoms with Crippen LogP contribution in [0.4, 0.5) is 8.78 Å². The number of aliphatic carboxylic acids is 1. The van der Waals surface area contributed by atoms with E-state index in [1.165, 1.54) is 4.90 Å². The van der Waals surface area contributed by atoms with Gasteiger partial charge in [-0.1, -0.05) is 11.6 Å². The summed E-state index contributed by atoms with van der Waals surface area (Å²) in [7, 11) is 0. The van der Waals surface area contributed by atoms with Gasteiger partial charge in [-0.2, -0.15) is 0 Å². The highest BCUT2D eigenvalue weighted by molar-refractivity contribution is 6.31. The normalized spacial score (nSPS) is 18.9. The molecule has 0 bridgehead atoms. The molecule has 7 heteroatoms. The first-order valence-electron chi connectivity index (χ1n) is 6.07. The first-order chi connectivity index (χ1) is 9.41. The summed E-state index contributed by atoms with van der Waals surface area (Å²) >= 11 is 5.43. The third kappa shape index (κ3) is 2.75. The highest BCUT2D eigenvalue weighted by Gasteiger charge is 2.30. The molecule has 1 N–H and O–H groups in total. The average Bonchev–Trinajstić information content (AvgIpc) is 2.44. The number of likely N-dealkylation sites (tertiary alicyclic amines) is 1. The van der Waals surface area contributed by atoms with Gasteiger partial charge in [0.2, 0.25) is 0 Å². The molecule has 2 rings (SSSR count). The Balaban J connectivity index is 2.23. The van der Waals surface area contributed by atoms with Crippen LogP contribution < -0.4 is 0 Å². The van der Waals surface area contributed by atoms with Crippen molar-refractivity contribution in [3.8, 4) is 0 Å². The van der Waals surface area contributed by atoms with E-state index in [1.54, 1.807) is 0 Å². The molecule has 0 spiro atoms. The van der Waals surface area contributed by atoms with Crippen LogP contribution in [0, 0.1) is 17.6 Å². The van der Waals surface area contributed by atoms with Crippen LogP contribution in [0.5, 0.6) is 0 Å². The molecule has 0 saturated carbocycles. The fraction of sp³-hybridized carbons (Fsp3) is 0.385. The van der Waals surface area contributed by atoms with Gasteiger partial charge < -0.3 is 10.0 Å². The van der Waals surface area contributed by atoms with Crippen LogP contribution in [0.2, 0.25) is 5.02 Å². The second-order valence-electron chi connectivity index (χ2n) is 4.65. The highest BCUT2D eigenvalue weighted by atomic mass is 35.5. The summed E-state index contributed by atoms with van der Waals surface area (Å²) in [5.74, 6) is -4.38. The predicted octanol–water partition coefficient (Wildman–Crippen LogP) is 2.56. The summed E-state index contributed by atoms with van der Waals surface area (Å²) in [6, 6.07) is 1.93. The van der Waals surface area contributed by atoms with Crippen molar-refractivity contribution in [1.82, 2.24) is 4.90 Å². The van der Waals surface area contributed by atoms with Crippen molar-refractivity contribution in [3.63, 3.8) is 0 Å². The van der Waals surface area contributed by atoms with E-state index in [4.69, 9.17) is 16.7 Å². The molecule has 1 unspecified atom stereocenters. The van der Waals surface area contributed by atoms with Gasteiger partial charge in [-0.3, -0.25) is 9.59 Å². The lowest BCUT2D eigenvalue weighted by atomic mass is 9.97. The molecular weight excluding hydrogens is 292 g/mol. The molecule has 1 aromatic rings. The van der Waals surface area contributed by atoms with Crippen molar-refractivity contribution >= 4 is 23.5 Å². The fourth-order valence-corrected chi connectivity index (χ4v) is 2.39. The van der Waals surface area contributed by atoms with E-state index >= 15 is 0 Å². The number of carbonyl (C=O) groups is 2. The van der Waals surface area contributed by atoms with Gasteiger partial charge in [-0.15, -0.1) is 0 Å². The van der Waals surface area contributed by atoms with E-state index in [2.05, 4.69) is 0 Å². The van der Waals surface area contributed by atoms with Crippen LogP contribution in [0.25, 0.3) is 0 Å². The maximum atomic E-state index is 13.8. The van der Waals surface area contributed by atoms with Crippen LogP contribution in [0.3, 0.4) is 0 Å². The molecule has 1 aliphatic heterocycles. The Labute approximate surface area is 118 Å². The zero-order valence-corrected chi connectivity index (χ0v) is 11.2. The summed E-state index contributed by atoms with van der Waals surface area (Å²) < 4.78 is 26.8. The van der Waals surface area contributed by atoms with E-state index in [0.29, 0.717) is 19.4 Å². The van der Waals surface area contributed by atoms with Crippen LogP contribution in [0.1, 0.15) is 23.2 Å². The molecule has 1 aromatic carbocycles. The highest BCUT2D eigenvalue weighted by Crippen LogP contribution is 2.25. The number of rotatable bonds is 2. The Hall–Kier alpha value is -1.69. The van der Waals surface area contributed by atoms with Crippen molar-refractivity contribution in [2.75, 3.05) is 13.1 Å². The van der Waals surface area contributed by atoms with Crippen molar-refractivity contribution in [2.45, 2.75) is 12.8 Å². The Morgan fingerprint density at radius 2 is 2.05 bits per heavy atom. The van der Waals surface area contributed by atoms with Crippen molar-refractivity contribution in [2.24, 2.45) is 5.92 Å². The first kappa shape index (κ1) is 14.7. The number of nitrogens with zero attached hydrogens (tertiary/aromatic N) is 1. The molecule has 4 nitrogen and oxygen atoms in total. The number of amides is 1. The number of hydrogen-bond acceptors (Lipinski definition) is 2. The maximum Gasteiger partial charge on any atom is 0.308 e. The molecule has 108 valence electrons. The lowest BCUT2D eigenvalue weighted by Gasteiger charge is -2.30. The number of piperidine rings is 1. The fourth-order valence-electron chi connectivity index (χ4n) is 2.22. The maximum absolute atomic E-state index is 13.8. The summed E-state index contributed by atoms with van der Waals surface area (Å²) in [5, 5.41) is 8.23. The molecule has 1 amide bonds.